The van der Waals surface area contributed by atoms with Crippen LogP contribution in [0.1, 0.15) is 45.1 Å². The highest BCUT2D eigenvalue weighted by atomic mass is 16.6. The highest BCUT2D eigenvalue weighted by molar-refractivity contribution is 5.97. The molecule has 0 aliphatic carbocycles. The Kier molecular flexibility index (Phi) is 25.7. The number of hydrogen-bond acceptors (Lipinski definition) is 10. The highest BCUT2D eigenvalue weighted by Crippen LogP contribution is 2.11. The third-order valence-corrected chi connectivity index (χ3v) is 5.05. The molecule has 0 aromatic heterocycles. The van der Waals surface area contributed by atoms with E-state index in [4.69, 9.17) is 35.5 Å². The molecule has 13 nitrogen and oxygen atoms in total. The van der Waals surface area contributed by atoms with Crippen LogP contribution in [-0.2, 0) is 39.9 Å². The predicted molar refractivity (Wildman–Crippen MR) is 157 cm³/mol. The van der Waals surface area contributed by atoms with E-state index in [2.05, 4.69) is 29.8 Å². The molecule has 1 aromatic carbocycles. The fourth-order valence-electron chi connectivity index (χ4n) is 3.04. The maximum atomic E-state index is 12.7. The maximum Gasteiger partial charge on any atom is 0.246 e. The average Bonchev–Trinajstić information content (AvgIpc) is 2.97. The third kappa shape index (κ3) is 22.7. The standard InChI is InChI=1S/C25H43N5O8.C3H8/c26-8-1-2-22(25(34)29-21-5-3-20(19-31)4-6-21)30-24(33)18-28-23(32)7-10-35-12-14-37-16-17-38-15-13-36-11-9-27;1-3-2/h3-6,22,31H,1-2,7-19,26-27H2,(H,28,32)(H,29,34)(H,30,33);3H2,1-2H3/t22-;/m1./s1. The zero-order valence-corrected chi connectivity index (χ0v) is 24.7. The monoisotopic (exact) mass is 585 g/mol. The summed E-state index contributed by atoms with van der Waals surface area (Å²) >= 11 is 0. The van der Waals surface area contributed by atoms with Gasteiger partial charge in [-0.25, -0.2) is 0 Å². The first-order chi connectivity index (χ1) is 19.9. The molecule has 0 aliphatic heterocycles. The molecule has 0 radical (unpaired) electrons. The van der Waals surface area contributed by atoms with Crippen LogP contribution in [0.4, 0.5) is 5.69 Å². The van der Waals surface area contributed by atoms with Crippen LogP contribution in [0.3, 0.4) is 0 Å². The minimum atomic E-state index is -0.807. The molecule has 0 saturated carbocycles. The molecule has 13 heteroatoms. The van der Waals surface area contributed by atoms with Crippen molar-refractivity contribution in [2.75, 3.05) is 77.8 Å². The van der Waals surface area contributed by atoms with Gasteiger partial charge in [-0.05, 0) is 37.1 Å². The summed E-state index contributed by atoms with van der Waals surface area (Å²) < 4.78 is 21.2. The van der Waals surface area contributed by atoms with E-state index in [1.165, 1.54) is 6.42 Å². The van der Waals surface area contributed by atoms with Gasteiger partial charge < -0.3 is 51.5 Å². The summed E-state index contributed by atoms with van der Waals surface area (Å²) in [4.78, 5) is 37.0. The number of benzene rings is 1. The summed E-state index contributed by atoms with van der Waals surface area (Å²) in [5.41, 5.74) is 12.1. The van der Waals surface area contributed by atoms with E-state index in [0.717, 1.165) is 0 Å². The van der Waals surface area contributed by atoms with Crippen molar-refractivity contribution in [1.82, 2.24) is 10.6 Å². The maximum absolute atomic E-state index is 12.7. The van der Waals surface area contributed by atoms with Gasteiger partial charge in [0.15, 0.2) is 0 Å². The summed E-state index contributed by atoms with van der Waals surface area (Å²) in [6.07, 6.45) is 2.22. The highest BCUT2D eigenvalue weighted by Gasteiger charge is 2.20. The van der Waals surface area contributed by atoms with Gasteiger partial charge in [0.05, 0.1) is 66.0 Å². The molecule has 1 atom stereocenters. The second-order valence-corrected chi connectivity index (χ2v) is 8.87. The molecule has 236 valence electrons. The predicted octanol–water partition coefficient (Wildman–Crippen LogP) is 0.289. The lowest BCUT2D eigenvalue weighted by Gasteiger charge is -2.18. The Morgan fingerprint density at radius 2 is 1.34 bits per heavy atom. The molecule has 0 saturated heterocycles. The Morgan fingerprint density at radius 3 is 1.85 bits per heavy atom. The average molecular weight is 586 g/mol. The number of aliphatic hydroxyl groups excluding tert-OH is 1. The lowest BCUT2D eigenvalue weighted by Crippen LogP contribution is -2.47. The molecular weight excluding hydrogens is 534 g/mol. The lowest BCUT2D eigenvalue weighted by atomic mass is 10.1. The SMILES string of the molecule is CCC.NCCC[C@@H](NC(=O)CNC(=O)CCOCCOCCOCCOCCN)C(=O)Nc1ccc(CO)cc1. The van der Waals surface area contributed by atoms with Crippen molar-refractivity contribution < 1.29 is 38.4 Å². The van der Waals surface area contributed by atoms with Crippen molar-refractivity contribution in [3.63, 3.8) is 0 Å². The summed E-state index contributed by atoms with van der Waals surface area (Å²) in [6, 6.07) is 5.90. The Bertz CT molecular complexity index is 798. The smallest absolute Gasteiger partial charge is 0.246 e. The number of aliphatic hydroxyl groups is 1. The van der Waals surface area contributed by atoms with Crippen LogP contribution in [0.25, 0.3) is 0 Å². The van der Waals surface area contributed by atoms with Gasteiger partial charge in [-0.1, -0.05) is 32.4 Å². The van der Waals surface area contributed by atoms with E-state index in [9.17, 15) is 14.4 Å². The molecule has 0 aliphatic rings. The van der Waals surface area contributed by atoms with Crippen molar-refractivity contribution in [1.29, 1.82) is 0 Å². The van der Waals surface area contributed by atoms with Gasteiger partial charge in [0.25, 0.3) is 0 Å². The molecule has 41 heavy (non-hydrogen) atoms. The molecule has 0 heterocycles. The van der Waals surface area contributed by atoms with E-state index < -0.39 is 17.9 Å². The molecule has 1 aromatic rings. The second-order valence-electron chi connectivity index (χ2n) is 8.87. The summed E-state index contributed by atoms with van der Waals surface area (Å²) in [6.45, 7) is 7.98. The number of amides is 3. The number of anilines is 1. The van der Waals surface area contributed by atoms with E-state index in [0.29, 0.717) is 83.4 Å². The van der Waals surface area contributed by atoms with E-state index >= 15 is 0 Å². The van der Waals surface area contributed by atoms with Crippen molar-refractivity contribution in [3.05, 3.63) is 29.8 Å². The number of carbonyl (C=O) groups is 3. The van der Waals surface area contributed by atoms with Gasteiger partial charge >= 0.3 is 0 Å². The summed E-state index contributed by atoms with van der Waals surface area (Å²) in [7, 11) is 0. The van der Waals surface area contributed by atoms with Crippen molar-refractivity contribution in [3.8, 4) is 0 Å². The Hall–Kier alpha value is -2.65. The molecule has 1 rings (SSSR count). The molecule has 0 bridgehead atoms. The van der Waals surface area contributed by atoms with Gasteiger partial charge in [-0.2, -0.15) is 0 Å². The van der Waals surface area contributed by atoms with Crippen LogP contribution in [0.15, 0.2) is 24.3 Å². The minimum absolute atomic E-state index is 0.0834. The minimum Gasteiger partial charge on any atom is -0.392 e. The molecule has 8 N–H and O–H groups in total. The van der Waals surface area contributed by atoms with Crippen molar-refractivity contribution in [2.45, 2.75) is 52.2 Å². The van der Waals surface area contributed by atoms with Crippen LogP contribution in [0.5, 0.6) is 0 Å². The van der Waals surface area contributed by atoms with Gasteiger partial charge in [0.1, 0.15) is 6.04 Å². The fourth-order valence-corrected chi connectivity index (χ4v) is 3.04. The Balaban J connectivity index is 0.00000509. The van der Waals surface area contributed by atoms with Gasteiger partial charge in [-0.3, -0.25) is 14.4 Å². The largest absolute Gasteiger partial charge is 0.392 e. The molecule has 3 amide bonds. The van der Waals surface area contributed by atoms with Crippen LogP contribution in [-0.4, -0.2) is 101 Å². The summed E-state index contributed by atoms with van der Waals surface area (Å²) in [5, 5.41) is 17.0. The number of nitrogens with two attached hydrogens (primary N) is 2. The van der Waals surface area contributed by atoms with Crippen molar-refractivity contribution in [2.24, 2.45) is 11.5 Å². The zero-order chi connectivity index (χ0) is 30.6. The van der Waals surface area contributed by atoms with Gasteiger partial charge in [0.2, 0.25) is 17.7 Å². The first-order valence-corrected chi connectivity index (χ1v) is 14.2. The molecule has 0 spiro atoms. The van der Waals surface area contributed by atoms with Gasteiger partial charge in [-0.15, -0.1) is 0 Å². The van der Waals surface area contributed by atoms with Crippen LogP contribution < -0.4 is 27.4 Å². The van der Waals surface area contributed by atoms with Crippen molar-refractivity contribution >= 4 is 23.4 Å². The van der Waals surface area contributed by atoms with Crippen LogP contribution in [0, 0.1) is 0 Å². The third-order valence-electron chi connectivity index (χ3n) is 5.05. The normalized spacial score (nSPS) is 11.2. The number of ether oxygens (including phenoxy) is 4. The van der Waals surface area contributed by atoms with Crippen LogP contribution >= 0.6 is 0 Å². The fraction of sp³-hybridized carbons (Fsp3) is 0.679. The lowest BCUT2D eigenvalue weighted by molar-refractivity contribution is -0.128. The number of hydrogen-bond donors (Lipinski definition) is 6. The Morgan fingerprint density at radius 1 is 0.805 bits per heavy atom. The van der Waals surface area contributed by atoms with E-state index in [1.807, 2.05) is 0 Å². The van der Waals surface area contributed by atoms with Gasteiger partial charge in [0, 0.05) is 18.7 Å². The molecule has 0 fully saturated rings. The number of rotatable bonds is 23. The Labute approximate surface area is 244 Å². The molecular formula is C28H51N5O8. The van der Waals surface area contributed by atoms with E-state index in [1.54, 1.807) is 24.3 Å². The van der Waals surface area contributed by atoms with E-state index in [-0.39, 0.29) is 32.1 Å². The van der Waals surface area contributed by atoms with Crippen LogP contribution in [0.2, 0.25) is 0 Å². The molecule has 0 unspecified atom stereocenters. The summed E-state index contributed by atoms with van der Waals surface area (Å²) in [5.74, 6) is -1.24. The first kappa shape index (κ1) is 38.4. The number of carbonyl (C=O) groups excluding carboxylic acids is 3. The quantitative estimate of drug-likeness (QED) is 0.0971. The number of nitrogens with one attached hydrogen (secondary N) is 3. The topological polar surface area (TPSA) is 196 Å². The zero-order valence-electron chi connectivity index (χ0n) is 24.7. The first-order valence-electron chi connectivity index (χ1n) is 14.2. The second kappa shape index (κ2) is 27.5.